The highest BCUT2D eigenvalue weighted by Crippen LogP contribution is 2.37. The smallest absolute Gasteiger partial charge is 0.341 e. The van der Waals surface area contributed by atoms with E-state index in [1.165, 1.54) is 29.2 Å². The second-order valence-corrected chi connectivity index (χ2v) is 9.20. The zero-order chi connectivity index (χ0) is 21.9. The Hall–Kier alpha value is -2.26. The number of anilines is 1. The fraction of sp³-hybridized carbons (Fsp3) is 0.350. The van der Waals surface area contributed by atoms with Gasteiger partial charge < -0.3 is 4.90 Å². The fourth-order valence-electron chi connectivity index (χ4n) is 3.27. The molecule has 2 aromatic rings. The predicted molar refractivity (Wildman–Crippen MR) is 108 cm³/mol. The van der Waals surface area contributed by atoms with E-state index < -0.39 is 34.2 Å². The van der Waals surface area contributed by atoms with E-state index in [1.807, 2.05) is 0 Å². The maximum atomic E-state index is 13.3. The number of hydrogen-bond donors (Lipinski definition) is 0. The number of sulfonamides is 1. The van der Waals surface area contributed by atoms with Crippen molar-refractivity contribution in [2.45, 2.75) is 30.3 Å². The van der Waals surface area contributed by atoms with Gasteiger partial charge in [-0.3, -0.25) is 9.10 Å². The zero-order valence-electron chi connectivity index (χ0n) is 15.9. The van der Waals surface area contributed by atoms with Gasteiger partial charge in [0, 0.05) is 13.1 Å². The Bertz CT molecular complexity index is 1010. The van der Waals surface area contributed by atoms with Crippen LogP contribution in [0, 0.1) is 0 Å². The van der Waals surface area contributed by atoms with Gasteiger partial charge in [0.25, 0.3) is 10.0 Å². The molecule has 5 nitrogen and oxygen atoms in total. The second-order valence-electron chi connectivity index (χ2n) is 6.93. The van der Waals surface area contributed by atoms with Crippen LogP contribution in [0.3, 0.4) is 0 Å². The molecule has 0 unspecified atom stereocenters. The molecule has 0 N–H and O–H groups in total. The first kappa shape index (κ1) is 22.4. The van der Waals surface area contributed by atoms with E-state index in [1.54, 1.807) is 6.07 Å². The van der Waals surface area contributed by atoms with Crippen molar-refractivity contribution in [1.29, 1.82) is 0 Å². The molecule has 30 heavy (non-hydrogen) atoms. The third kappa shape index (κ3) is 4.89. The Labute approximate surface area is 178 Å². The van der Waals surface area contributed by atoms with Gasteiger partial charge in [-0.05, 0) is 49.6 Å². The maximum absolute atomic E-state index is 13.3. The molecule has 1 amide bonds. The van der Waals surface area contributed by atoms with Crippen LogP contribution in [-0.4, -0.2) is 38.9 Å². The van der Waals surface area contributed by atoms with Crippen molar-refractivity contribution < 1.29 is 26.4 Å². The molecule has 10 heteroatoms. The molecule has 1 aliphatic heterocycles. The van der Waals surface area contributed by atoms with E-state index in [2.05, 4.69) is 0 Å². The molecule has 1 saturated heterocycles. The SMILES string of the molecule is O=C(CN(c1cc(C(F)(F)F)ccc1Cl)S(=O)(=O)c1ccccc1)N1CCCCC1. The van der Waals surface area contributed by atoms with Crippen LogP contribution in [0.1, 0.15) is 24.8 Å². The summed E-state index contributed by atoms with van der Waals surface area (Å²) in [5.74, 6) is -0.484. The number of amides is 1. The number of nitrogens with zero attached hydrogens (tertiary/aromatic N) is 2. The third-order valence-corrected chi connectivity index (χ3v) is 6.95. The van der Waals surface area contributed by atoms with Gasteiger partial charge in [0.2, 0.25) is 5.91 Å². The summed E-state index contributed by atoms with van der Waals surface area (Å²) in [4.78, 5) is 14.2. The van der Waals surface area contributed by atoms with E-state index in [9.17, 15) is 26.4 Å². The first-order chi connectivity index (χ1) is 14.1. The lowest BCUT2D eigenvalue weighted by atomic mass is 10.1. The van der Waals surface area contributed by atoms with Crippen molar-refractivity contribution in [2.75, 3.05) is 23.9 Å². The number of halogens is 4. The molecule has 0 spiro atoms. The van der Waals surface area contributed by atoms with Crippen LogP contribution >= 0.6 is 11.6 Å². The maximum Gasteiger partial charge on any atom is 0.416 e. The monoisotopic (exact) mass is 460 g/mol. The van der Waals surface area contributed by atoms with Gasteiger partial charge in [-0.15, -0.1) is 0 Å². The zero-order valence-corrected chi connectivity index (χ0v) is 17.5. The first-order valence-corrected chi connectivity index (χ1v) is 11.1. The molecule has 0 atom stereocenters. The highest BCUT2D eigenvalue weighted by molar-refractivity contribution is 7.92. The standard InChI is InChI=1S/C20H20ClF3N2O3S/c21-17-10-9-15(20(22,23)24)13-18(17)26(14-19(27)25-11-5-2-6-12-25)30(28,29)16-7-3-1-4-8-16/h1,3-4,7-10,13H,2,5-6,11-12,14H2. The molecule has 0 aliphatic carbocycles. The lowest BCUT2D eigenvalue weighted by molar-refractivity contribution is -0.137. The summed E-state index contributed by atoms with van der Waals surface area (Å²) in [6.07, 6.45) is -2.14. The van der Waals surface area contributed by atoms with Crippen molar-refractivity contribution >= 4 is 33.2 Å². The summed E-state index contributed by atoms with van der Waals surface area (Å²) in [7, 11) is -4.34. The lowest BCUT2D eigenvalue weighted by Gasteiger charge is -2.31. The summed E-state index contributed by atoms with van der Waals surface area (Å²) >= 11 is 6.11. The van der Waals surface area contributed by atoms with Crippen molar-refractivity contribution in [1.82, 2.24) is 4.90 Å². The number of rotatable bonds is 5. The molecule has 1 heterocycles. The van der Waals surface area contributed by atoms with Crippen molar-refractivity contribution in [3.63, 3.8) is 0 Å². The Morgan fingerprint density at radius 3 is 2.27 bits per heavy atom. The molecule has 0 aromatic heterocycles. The van der Waals surface area contributed by atoms with E-state index in [4.69, 9.17) is 11.6 Å². The van der Waals surface area contributed by atoms with Crippen LogP contribution in [0.25, 0.3) is 0 Å². The van der Waals surface area contributed by atoms with Gasteiger partial charge in [0.1, 0.15) is 6.54 Å². The number of likely N-dealkylation sites (tertiary alicyclic amines) is 1. The highest BCUT2D eigenvalue weighted by Gasteiger charge is 2.35. The van der Waals surface area contributed by atoms with Crippen LogP contribution in [0.4, 0.5) is 18.9 Å². The summed E-state index contributed by atoms with van der Waals surface area (Å²) in [5, 5.41) is -0.200. The van der Waals surface area contributed by atoms with Crippen LogP contribution in [-0.2, 0) is 21.0 Å². The van der Waals surface area contributed by atoms with Gasteiger partial charge in [-0.25, -0.2) is 8.42 Å². The number of benzene rings is 2. The number of piperidine rings is 1. The average molecular weight is 461 g/mol. The minimum atomic E-state index is -4.70. The molecule has 1 aliphatic rings. The first-order valence-electron chi connectivity index (χ1n) is 9.33. The molecular weight excluding hydrogens is 441 g/mol. The third-order valence-electron chi connectivity index (χ3n) is 4.86. The predicted octanol–water partition coefficient (Wildman–Crippen LogP) is 4.57. The summed E-state index contributed by atoms with van der Waals surface area (Å²) in [6.45, 7) is 0.320. The van der Waals surface area contributed by atoms with Crippen LogP contribution < -0.4 is 4.31 Å². The Morgan fingerprint density at radius 1 is 1.03 bits per heavy atom. The average Bonchev–Trinajstić information content (AvgIpc) is 2.73. The minimum absolute atomic E-state index is 0.148. The molecule has 2 aromatic carbocycles. The number of alkyl halides is 3. The largest absolute Gasteiger partial charge is 0.416 e. The van der Waals surface area contributed by atoms with Gasteiger partial charge >= 0.3 is 6.18 Å². The van der Waals surface area contributed by atoms with Gasteiger partial charge in [-0.2, -0.15) is 13.2 Å². The van der Waals surface area contributed by atoms with Gasteiger partial charge in [0.15, 0.2) is 0 Å². The molecule has 162 valence electrons. The fourth-order valence-corrected chi connectivity index (χ4v) is 4.98. The number of hydrogen-bond acceptors (Lipinski definition) is 3. The molecule has 0 bridgehead atoms. The quantitative estimate of drug-likeness (QED) is 0.657. The molecular formula is C20H20ClF3N2O3S. The van der Waals surface area contributed by atoms with E-state index in [0.717, 1.165) is 31.4 Å². The Morgan fingerprint density at radius 2 is 1.67 bits per heavy atom. The topological polar surface area (TPSA) is 57.7 Å². The molecule has 1 fully saturated rings. The second kappa shape index (κ2) is 8.85. The van der Waals surface area contributed by atoms with Crippen molar-refractivity contribution in [3.05, 3.63) is 59.1 Å². The van der Waals surface area contributed by atoms with Crippen molar-refractivity contribution in [3.8, 4) is 0 Å². The van der Waals surface area contributed by atoms with E-state index in [0.29, 0.717) is 23.5 Å². The summed E-state index contributed by atoms with van der Waals surface area (Å²) in [5.41, 5.74) is -1.44. The van der Waals surface area contributed by atoms with Crippen molar-refractivity contribution in [2.24, 2.45) is 0 Å². The van der Waals surface area contributed by atoms with E-state index >= 15 is 0 Å². The Balaban J connectivity index is 2.07. The highest BCUT2D eigenvalue weighted by atomic mass is 35.5. The summed E-state index contributed by atoms with van der Waals surface area (Å²) in [6, 6.07) is 9.64. The molecule has 0 radical (unpaired) electrons. The van der Waals surface area contributed by atoms with Crippen LogP contribution in [0.5, 0.6) is 0 Å². The van der Waals surface area contributed by atoms with Gasteiger partial charge in [0.05, 0.1) is 21.2 Å². The van der Waals surface area contributed by atoms with Crippen LogP contribution in [0.2, 0.25) is 5.02 Å². The molecule has 0 saturated carbocycles. The normalized spacial score (nSPS) is 15.1. The molecule has 3 rings (SSSR count). The van der Waals surface area contributed by atoms with Gasteiger partial charge in [-0.1, -0.05) is 29.8 Å². The Kier molecular flexibility index (Phi) is 6.62. The lowest BCUT2D eigenvalue weighted by Crippen LogP contribution is -2.45. The minimum Gasteiger partial charge on any atom is -0.341 e. The summed E-state index contributed by atoms with van der Waals surface area (Å²) < 4.78 is 67.0. The number of carbonyl (C=O) groups is 1. The van der Waals surface area contributed by atoms with E-state index in [-0.39, 0.29) is 15.6 Å². The number of carbonyl (C=O) groups excluding carboxylic acids is 1. The van der Waals surface area contributed by atoms with Crippen LogP contribution in [0.15, 0.2) is 53.4 Å².